The summed E-state index contributed by atoms with van der Waals surface area (Å²) in [4.78, 5) is 6.71. The van der Waals surface area contributed by atoms with Crippen LogP contribution in [-0.4, -0.2) is 9.97 Å². The fraction of sp³-hybridized carbons (Fsp3) is 0.286. The van der Waals surface area contributed by atoms with Gasteiger partial charge in [-0.3, -0.25) is 0 Å². The van der Waals surface area contributed by atoms with E-state index in [1.807, 2.05) is 32.0 Å². The van der Waals surface area contributed by atoms with E-state index < -0.39 is 12.0 Å². The predicted molar refractivity (Wildman–Crippen MR) is 77.5 cm³/mol. The summed E-state index contributed by atoms with van der Waals surface area (Å²) in [7, 11) is 0. The van der Waals surface area contributed by atoms with E-state index in [9.17, 15) is 13.2 Å². The van der Waals surface area contributed by atoms with Gasteiger partial charge in [0.2, 0.25) is 5.82 Å². The zero-order valence-electron chi connectivity index (χ0n) is 11.3. The Labute approximate surface area is 129 Å². The number of rotatable bonds is 3. The monoisotopic (exact) mass is 332 g/mol. The number of aromatic nitrogens is 2. The topological polar surface area (TPSA) is 25.8 Å². The largest absolute Gasteiger partial charge is 0.451 e. The van der Waals surface area contributed by atoms with Crippen LogP contribution >= 0.6 is 23.4 Å². The van der Waals surface area contributed by atoms with E-state index in [4.69, 9.17) is 11.6 Å². The lowest BCUT2D eigenvalue weighted by Gasteiger charge is -2.08. The molecule has 0 spiro atoms. The number of halogens is 4. The molecule has 0 unspecified atom stereocenters. The molecule has 21 heavy (non-hydrogen) atoms. The van der Waals surface area contributed by atoms with Crippen molar-refractivity contribution in [2.45, 2.75) is 30.8 Å². The van der Waals surface area contributed by atoms with Gasteiger partial charge in [0.25, 0.3) is 0 Å². The van der Waals surface area contributed by atoms with E-state index in [0.717, 1.165) is 16.7 Å². The van der Waals surface area contributed by atoms with Crippen molar-refractivity contribution in [1.82, 2.24) is 9.97 Å². The van der Waals surface area contributed by atoms with Crippen LogP contribution in [0.4, 0.5) is 13.2 Å². The number of hydrogen-bond acceptors (Lipinski definition) is 3. The molecule has 7 heteroatoms. The normalized spacial score (nSPS) is 11.7. The molecule has 2 aromatic rings. The van der Waals surface area contributed by atoms with Crippen molar-refractivity contribution < 1.29 is 13.2 Å². The SMILES string of the molecule is Cc1cc(C)cc(CSc2cc(Cl)nc(C(F)(F)F)n2)c1. The zero-order valence-corrected chi connectivity index (χ0v) is 12.9. The third-order valence-corrected chi connectivity index (χ3v) is 3.77. The number of thioether (sulfide) groups is 1. The van der Waals surface area contributed by atoms with Crippen molar-refractivity contribution in [3.05, 3.63) is 51.9 Å². The minimum Gasteiger partial charge on any atom is -0.218 e. The first-order chi connectivity index (χ1) is 9.74. The van der Waals surface area contributed by atoms with Crippen molar-refractivity contribution in [1.29, 1.82) is 0 Å². The van der Waals surface area contributed by atoms with E-state index in [0.29, 0.717) is 5.75 Å². The Morgan fingerprint density at radius 1 is 1.05 bits per heavy atom. The van der Waals surface area contributed by atoms with Crippen molar-refractivity contribution in [3.8, 4) is 0 Å². The molecule has 0 atom stereocenters. The molecule has 2 nitrogen and oxygen atoms in total. The van der Waals surface area contributed by atoms with Crippen molar-refractivity contribution in [2.75, 3.05) is 0 Å². The molecule has 0 saturated heterocycles. The van der Waals surface area contributed by atoms with Gasteiger partial charge in [0.15, 0.2) is 0 Å². The maximum absolute atomic E-state index is 12.6. The fourth-order valence-corrected chi connectivity index (χ4v) is 2.98. The van der Waals surface area contributed by atoms with Gasteiger partial charge in [0.05, 0.1) is 0 Å². The Hall–Kier alpha value is -1.27. The Morgan fingerprint density at radius 3 is 2.24 bits per heavy atom. The molecule has 0 aliphatic heterocycles. The highest BCUT2D eigenvalue weighted by Gasteiger charge is 2.35. The van der Waals surface area contributed by atoms with Crippen LogP contribution in [-0.2, 0) is 11.9 Å². The second-order valence-corrected chi connectivity index (χ2v) is 6.02. The summed E-state index contributed by atoms with van der Waals surface area (Å²) in [5.41, 5.74) is 3.25. The first-order valence-electron chi connectivity index (χ1n) is 6.06. The summed E-state index contributed by atoms with van der Waals surface area (Å²) in [6.45, 7) is 3.95. The highest BCUT2D eigenvalue weighted by molar-refractivity contribution is 7.98. The second kappa shape index (κ2) is 6.23. The van der Waals surface area contributed by atoms with Gasteiger partial charge in [-0.05, 0) is 19.4 Å². The summed E-state index contributed by atoms with van der Waals surface area (Å²) in [5.74, 6) is -0.689. The number of nitrogens with zero attached hydrogens (tertiary/aromatic N) is 2. The van der Waals surface area contributed by atoms with E-state index in [2.05, 4.69) is 9.97 Å². The fourth-order valence-electron chi connectivity index (χ4n) is 1.91. The Bertz CT molecular complexity index is 639. The third kappa shape index (κ3) is 4.61. The Kier molecular flexibility index (Phi) is 4.78. The minimum atomic E-state index is -4.60. The standard InChI is InChI=1S/C14H12ClF3N2S/c1-8-3-9(2)5-10(4-8)7-21-12-6-11(15)19-13(20-12)14(16,17)18/h3-6H,7H2,1-2H3. The van der Waals surface area contributed by atoms with Crippen LogP contribution in [0.2, 0.25) is 5.15 Å². The molecule has 0 aliphatic rings. The van der Waals surface area contributed by atoms with Crippen LogP contribution in [0.15, 0.2) is 29.3 Å². The molecule has 1 heterocycles. The molecule has 0 fully saturated rings. The van der Waals surface area contributed by atoms with Gasteiger partial charge in [-0.2, -0.15) is 13.2 Å². The summed E-state index contributed by atoms with van der Waals surface area (Å²) in [6, 6.07) is 7.36. The predicted octanol–water partition coefficient (Wildman–Crippen LogP) is 5.06. The van der Waals surface area contributed by atoms with Crippen molar-refractivity contribution in [3.63, 3.8) is 0 Å². The molecule has 0 radical (unpaired) electrons. The van der Waals surface area contributed by atoms with Gasteiger partial charge in [-0.1, -0.05) is 40.9 Å². The summed E-state index contributed by atoms with van der Waals surface area (Å²) < 4.78 is 37.9. The molecule has 2 rings (SSSR count). The van der Waals surface area contributed by atoms with Gasteiger partial charge in [0.1, 0.15) is 10.2 Å². The average molecular weight is 333 g/mol. The smallest absolute Gasteiger partial charge is 0.218 e. The maximum atomic E-state index is 12.6. The van der Waals surface area contributed by atoms with Gasteiger partial charge in [0, 0.05) is 11.8 Å². The van der Waals surface area contributed by atoms with E-state index in [1.165, 1.54) is 17.8 Å². The van der Waals surface area contributed by atoms with Crippen LogP contribution in [0.3, 0.4) is 0 Å². The summed E-state index contributed by atoms with van der Waals surface area (Å²) in [5, 5.41) is 0.00160. The quantitative estimate of drug-likeness (QED) is 0.580. The number of aryl methyl sites for hydroxylation is 2. The lowest BCUT2D eigenvalue weighted by atomic mass is 10.1. The Morgan fingerprint density at radius 2 is 1.67 bits per heavy atom. The minimum absolute atomic E-state index is 0.208. The van der Waals surface area contributed by atoms with Gasteiger partial charge in [-0.15, -0.1) is 11.8 Å². The molecule has 112 valence electrons. The highest BCUT2D eigenvalue weighted by atomic mass is 35.5. The van der Waals surface area contributed by atoms with E-state index in [-0.39, 0.29) is 10.2 Å². The van der Waals surface area contributed by atoms with Crippen LogP contribution in [0.1, 0.15) is 22.5 Å². The molecule has 0 aliphatic carbocycles. The molecule has 1 aromatic heterocycles. The summed E-state index contributed by atoms with van der Waals surface area (Å²) >= 11 is 6.82. The van der Waals surface area contributed by atoms with E-state index >= 15 is 0 Å². The molecule has 0 N–H and O–H groups in total. The first-order valence-corrected chi connectivity index (χ1v) is 7.42. The Balaban J connectivity index is 2.18. The van der Waals surface area contributed by atoms with Crippen LogP contribution < -0.4 is 0 Å². The number of benzene rings is 1. The van der Waals surface area contributed by atoms with Crippen LogP contribution in [0, 0.1) is 13.8 Å². The maximum Gasteiger partial charge on any atom is 0.451 e. The third-order valence-electron chi connectivity index (χ3n) is 2.59. The summed E-state index contributed by atoms with van der Waals surface area (Å²) in [6.07, 6.45) is -4.60. The average Bonchev–Trinajstić information content (AvgIpc) is 2.33. The van der Waals surface area contributed by atoms with Crippen LogP contribution in [0.5, 0.6) is 0 Å². The lowest BCUT2D eigenvalue weighted by molar-refractivity contribution is -0.145. The lowest BCUT2D eigenvalue weighted by Crippen LogP contribution is -2.11. The van der Waals surface area contributed by atoms with E-state index in [1.54, 1.807) is 0 Å². The zero-order chi connectivity index (χ0) is 15.6. The van der Waals surface area contributed by atoms with Gasteiger partial charge in [-0.25, -0.2) is 9.97 Å². The molecule has 1 aromatic carbocycles. The van der Waals surface area contributed by atoms with Gasteiger partial charge >= 0.3 is 6.18 Å². The van der Waals surface area contributed by atoms with Gasteiger partial charge < -0.3 is 0 Å². The molecular formula is C14H12ClF3N2S. The molecular weight excluding hydrogens is 321 g/mol. The van der Waals surface area contributed by atoms with Crippen LogP contribution in [0.25, 0.3) is 0 Å². The van der Waals surface area contributed by atoms with Crippen molar-refractivity contribution in [2.24, 2.45) is 0 Å². The first kappa shape index (κ1) is 16.1. The number of alkyl halides is 3. The second-order valence-electron chi connectivity index (χ2n) is 4.63. The highest BCUT2D eigenvalue weighted by Crippen LogP contribution is 2.30. The molecule has 0 saturated carbocycles. The molecule has 0 bridgehead atoms. The molecule has 0 amide bonds. The van der Waals surface area contributed by atoms with Crippen molar-refractivity contribution >= 4 is 23.4 Å². The number of hydrogen-bond donors (Lipinski definition) is 0.